The van der Waals surface area contributed by atoms with Crippen LogP contribution in [0.4, 0.5) is 14.9 Å². The molecular weight excluding hydrogens is 399 g/mol. The highest BCUT2D eigenvalue weighted by Crippen LogP contribution is 2.30. The second-order valence-corrected chi connectivity index (χ2v) is 6.79. The summed E-state index contributed by atoms with van der Waals surface area (Å²) < 4.78 is 24.2. The van der Waals surface area contributed by atoms with Gasteiger partial charge in [-0.2, -0.15) is 0 Å². The number of urea groups is 1. The Morgan fingerprint density at radius 2 is 1.71 bits per heavy atom. The van der Waals surface area contributed by atoms with Crippen molar-refractivity contribution in [3.8, 4) is 11.5 Å². The van der Waals surface area contributed by atoms with Crippen LogP contribution in [0.5, 0.6) is 11.5 Å². The lowest BCUT2D eigenvalue weighted by Gasteiger charge is -2.12. The smallest absolute Gasteiger partial charge is 0.333 e. The van der Waals surface area contributed by atoms with Gasteiger partial charge in [-0.05, 0) is 53.6 Å². The van der Waals surface area contributed by atoms with Gasteiger partial charge in [0.15, 0.2) is 11.5 Å². The summed E-state index contributed by atoms with van der Waals surface area (Å²) in [6.07, 6.45) is 1.58. The van der Waals surface area contributed by atoms with Crippen LogP contribution in [0.3, 0.4) is 0 Å². The molecule has 1 saturated heterocycles. The molecule has 3 aromatic carbocycles. The molecule has 0 bridgehead atoms. The zero-order chi connectivity index (χ0) is 21.8. The maximum absolute atomic E-state index is 13.0. The second kappa shape index (κ2) is 8.71. The van der Waals surface area contributed by atoms with E-state index in [-0.39, 0.29) is 18.1 Å². The van der Waals surface area contributed by atoms with E-state index in [4.69, 9.17) is 9.47 Å². The SMILES string of the molecule is COc1cc(C=C2NC(=O)N(c3ccccc3)C2=O)ccc1OCc1ccc(F)cc1. The fourth-order valence-corrected chi connectivity index (χ4v) is 3.15. The first-order chi connectivity index (χ1) is 15.0. The summed E-state index contributed by atoms with van der Waals surface area (Å²) >= 11 is 0. The van der Waals surface area contributed by atoms with Crippen LogP contribution in [-0.2, 0) is 11.4 Å². The Kier molecular flexibility index (Phi) is 5.66. The molecule has 0 spiro atoms. The van der Waals surface area contributed by atoms with E-state index in [2.05, 4.69) is 5.32 Å². The van der Waals surface area contributed by atoms with Crippen molar-refractivity contribution in [3.05, 3.63) is 95.4 Å². The van der Waals surface area contributed by atoms with Gasteiger partial charge in [0.05, 0.1) is 12.8 Å². The topological polar surface area (TPSA) is 67.9 Å². The lowest BCUT2D eigenvalue weighted by Crippen LogP contribution is -2.30. The third-order valence-corrected chi connectivity index (χ3v) is 4.70. The van der Waals surface area contributed by atoms with Gasteiger partial charge < -0.3 is 14.8 Å². The molecule has 7 heteroatoms. The average molecular weight is 418 g/mol. The fraction of sp³-hybridized carbons (Fsp3) is 0.0833. The summed E-state index contributed by atoms with van der Waals surface area (Å²) in [6.45, 7) is 0.248. The maximum Gasteiger partial charge on any atom is 0.333 e. The Bertz CT molecular complexity index is 1140. The Labute approximate surface area is 178 Å². The van der Waals surface area contributed by atoms with Crippen molar-refractivity contribution in [2.24, 2.45) is 0 Å². The summed E-state index contributed by atoms with van der Waals surface area (Å²) in [4.78, 5) is 26.1. The molecule has 0 aromatic heterocycles. The molecule has 1 heterocycles. The number of hydrogen-bond donors (Lipinski definition) is 1. The number of ether oxygens (including phenoxy) is 2. The van der Waals surface area contributed by atoms with E-state index in [1.54, 1.807) is 60.7 Å². The van der Waals surface area contributed by atoms with E-state index in [9.17, 15) is 14.0 Å². The predicted molar refractivity (Wildman–Crippen MR) is 114 cm³/mol. The fourth-order valence-electron chi connectivity index (χ4n) is 3.15. The lowest BCUT2D eigenvalue weighted by atomic mass is 10.1. The normalized spacial score (nSPS) is 14.6. The number of halogens is 1. The van der Waals surface area contributed by atoms with E-state index in [0.29, 0.717) is 22.7 Å². The van der Waals surface area contributed by atoms with E-state index >= 15 is 0 Å². The zero-order valence-electron chi connectivity index (χ0n) is 16.7. The Morgan fingerprint density at radius 1 is 0.968 bits per heavy atom. The van der Waals surface area contributed by atoms with Crippen LogP contribution in [0.15, 0.2) is 78.5 Å². The van der Waals surface area contributed by atoms with E-state index in [1.807, 2.05) is 6.07 Å². The standard InChI is InChI=1S/C24H19FN2O4/c1-30-22-14-17(9-12-21(22)31-15-16-7-10-18(25)11-8-16)13-20-23(28)27(24(29)26-20)19-5-3-2-4-6-19/h2-14H,15H2,1H3,(H,26,29). The number of amides is 3. The van der Waals surface area contributed by atoms with Crippen LogP contribution < -0.4 is 19.7 Å². The molecule has 156 valence electrons. The molecule has 0 atom stereocenters. The minimum absolute atomic E-state index is 0.163. The van der Waals surface area contributed by atoms with Crippen molar-refractivity contribution >= 4 is 23.7 Å². The monoisotopic (exact) mass is 418 g/mol. The Hall–Kier alpha value is -4.13. The summed E-state index contributed by atoms with van der Waals surface area (Å²) in [7, 11) is 1.51. The van der Waals surface area contributed by atoms with Crippen molar-refractivity contribution < 1.29 is 23.5 Å². The van der Waals surface area contributed by atoms with Crippen molar-refractivity contribution in [3.63, 3.8) is 0 Å². The van der Waals surface area contributed by atoms with E-state index in [0.717, 1.165) is 10.5 Å². The van der Waals surface area contributed by atoms with Gasteiger partial charge in [0.1, 0.15) is 18.1 Å². The number of nitrogens with one attached hydrogen (secondary N) is 1. The first-order valence-electron chi connectivity index (χ1n) is 9.52. The van der Waals surface area contributed by atoms with Crippen LogP contribution in [0.25, 0.3) is 6.08 Å². The quantitative estimate of drug-likeness (QED) is 0.472. The van der Waals surface area contributed by atoms with Crippen LogP contribution in [0.2, 0.25) is 0 Å². The van der Waals surface area contributed by atoms with Crippen molar-refractivity contribution in [2.45, 2.75) is 6.61 Å². The number of carbonyl (C=O) groups is 2. The van der Waals surface area contributed by atoms with Gasteiger partial charge in [0.2, 0.25) is 0 Å². The highest BCUT2D eigenvalue weighted by Gasteiger charge is 2.34. The third-order valence-electron chi connectivity index (χ3n) is 4.70. The largest absolute Gasteiger partial charge is 0.493 e. The van der Waals surface area contributed by atoms with Gasteiger partial charge in [-0.15, -0.1) is 0 Å². The van der Waals surface area contributed by atoms with Crippen molar-refractivity contribution in [1.29, 1.82) is 0 Å². The lowest BCUT2D eigenvalue weighted by molar-refractivity contribution is -0.113. The molecule has 0 unspecified atom stereocenters. The summed E-state index contributed by atoms with van der Waals surface area (Å²) in [5, 5.41) is 2.60. The number of hydrogen-bond acceptors (Lipinski definition) is 4. The molecule has 0 radical (unpaired) electrons. The molecule has 4 rings (SSSR count). The van der Waals surface area contributed by atoms with Crippen LogP contribution in [0.1, 0.15) is 11.1 Å². The number of benzene rings is 3. The molecular formula is C24H19FN2O4. The number of imide groups is 1. The highest BCUT2D eigenvalue weighted by atomic mass is 19.1. The maximum atomic E-state index is 13.0. The molecule has 0 saturated carbocycles. The van der Waals surface area contributed by atoms with Crippen molar-refractivity contribution in [1.82, 2.24) is 5.32 Å². The number of para-hydroxylation sites is 1. The average Bonchev–Trinajstić information content (AvgIpc) is 3.07. The molecule has 1 N–H and O–H groups in total. The molecule has 6 nitrogen and oxygen atoms in total. The van der Waals surface area contributed by atoms with Crippen LogP contribution >= 0.6 is 0 Å². The number of carbonyl (C=O) groups excluding carboxylic acids is 2. The van der Waals surface area contributed by atoms with E-state index < -0.39 is 11.9 Å². The number of rotatable bonds is 6. The number of anilines is 1. The Morgan fingerprint density at radius 3 is 2.42 bits per heavy atom. The zero-order valence-corrected chi connectivity index (χ0v) is 16.7. The third kappa shape index (κ3) is 4.40. The van der Waals surface area contributed by atoms with E-state index in [1.165, 1.54) is 19.2 Å². The molecule has 0 aliphatic carbocycles. The molecule has 1 aliphatic rings. The number of methoxy groups -OCH3 is 1. The van der Waals surface area contributed by atoms with Crippen LogP contribution in [-0.4, -0.2) is 19.0 Å². The van der Waals surface area contributed by atoms with Gasteiger partial charge in [-0.3, -0.25) is 4.79 Å². The van der Waals surface area contributed by atoms with Gasteiger partial charge in [0, 0.05) is 0 Å². The minimum Gasteiger partial charge on any atom is -0.493 e. The Balaban J connectivity index is 1.52. The minimum atomic E-state index is -0.506. The van der Waals surface area contributed by atoms with Crippen molar-refractivity contribution in [2.75, 3.05) is 12.0 Å². The predicted octanol–water partition coefficient (Wildman–Crippen LogP) is 4.51. The second-order valence-electron chi connectivity index (χ2n) is 6.79. The van der Waals surface area contributed by atoms with Crippen LogP contribution in [0, 0.1) is 5.82 Å². The molecule has 3 aromatic rings. The van der Waals surface area contributed by atoms with Gasteiger partial charge in [0.25, 0.3) is 5.91 Å². The summed E-state index contributed by atoms with van der Waals surface area (Å²) in [5.74, 6) is 0.222. The first-order valence-corrected chi connectivity index (χ1v) is 9.52. The van der Waals surface area contributed by atoms with Gasteiger partial charge in [-0.1, -0.05) is 36.4 Å². The summed E-state index contributed by atoms with van der Waals surface area (Å²) in [6, 6.07) is 19.4. The highest BCUT2D eigenvalue weighted by molar-refractivity contribution is 6.28. The first kappa shape index (κ1) is 20.2. The van der Waals surface area contributed by atoms with Gasteiger partial charge >= 0.3 is 6.03 Å². The molecule has 3 amide bonds. The molecule has 1 aliphatic heterocycles. The summed E-state index contributed by atoms with van der Waals surface area (Å²) in [5.41, 5.74) is 2.13. The van der Waals surface area contributed by atoms with Gasteiger partial charge in [-0.25, -0.2) is 14.1 Å². The molecule has 31 heavy (non-hydrogen) atoms. The number of nitrogens with zero attached hydrogens (tertiary/aromatic N) is 1. The molecule has 1 fully saturated rings.